The number of nitrogens with zero attached hydrogens (tertiary/aromatic N) is 2. The van der Waals surface area contributed by atoms with Gasteiger partial charge in [0.15, 0.2) is 0 Å². The maximum atomic E-state index is 13.3. The number of halogens is 2. The Hall–Kier alpha value is -3.35. The lowest BCUT2D eigenvalue weighted by Crippen LogP contribution is -2.47. The lowest BCUT2D eigenvalue weighted by molar-refractivity contribution is 0.0694. The predicted octanol–water partition coefficient (Wildman–Crippen LogP) is 7.76. The topological polar surface area (TPSA) is 53.0 Å². The van der Waals surface area contributed by atoms with Crippen LogP contribution in [0.5, 0.6) is 11.5 Å². The first-order valence-electron chi connectivity index (χ1n) is 13.4. The van der Waals surface area contributed by atoms with Crippen LogP contribution in [-0.4, -0.2) is 48.7 Å². The number of anilines is 1. The Balaban J connectivity index is 1.29. The molecule has 1 N–H and O–H groups in total. The highest BCUT2D eigenvalue weighted by atomic mass is 35.5. The van der Waals surface area contributed by atoms with Gasteiger partial charge in [-0.05, 0) is 84.3 Å². The van der Waals surface area contributed by atoms with Crippen LogP contribution in [0.3, 0.4) is 0 Å². The maximum Gasteiger partial charge on any atom is 0.339 e. The van der Waals surface area contributed by atoms with Gasteiger partial charge in [-0.25, -0.2) is 9.18 Å². The van der Waals surface area contributed by atoms with Crippen LogP contribution >= 0.6 is 11.6 Å². The normalized spacial score (nSPS) is 17.8. The standard InChI is InChI=1S/C32H34ClFN2O3/c1-32(2)14-13-23(29(20-32)22-3-5-24(33)6-4-22)21-35-15-17-36(18-16-35)26-9-12-28(31(37)38)30(19-26)39-27-10-7-25(34)8-11-27/h3-12,19H,13-18,20-21H2,1-2H3,(H,37,38). The first-order chi connectivity index (χ1) is 18.7. The van der Waals surface area contributed by atoms with Gasteiger partial charge in [-0.1, -0.05) is 43.2 Å². The Morgan fingerprint density at radius 2 is 1.69 bits per heavy atom. The lowest BCUT2D eigenvalue weighted by Gasteiger charge is -2.39. The summed E-state index contributed by atoms with van der Waals surface area (Å²) in [7, 11) is 0. The fraction of sp³-hybridized carbons (Fsp3) is 0.344. The fourth-order valence-corrected chi connectivity index (χ4v) is 5.62. The summed E-state index contributed by atoms with van der Waals surface area (Å²) in [6.45, 7) is 9.14. The molecule has 7 heteroatoms. The fourth-order valence-electron chi connectivity index (χ4n) is 5.50. The van der Waals surface area contributed by atoms with Crippen molar-refractivity contribution in [1.82, 2.24) is 4.90 Å². The van der Waals surface area contributed by atoms with E-state index in [4.69, 9.17) is 16.3 Å². The number of rotatable bonds is 7. The van der Waals surface area contributed by atoms with Crippen molar-refractivity contribution in [2.24, 2.45) is 5.41 Å². The molecule has 2 aliphatic rings. The lowest BCUT2D eigenvalue weighted by atomic mass is 9.72. The molecular formula is C32H34ClFN2O3. The van der Waals surface area contributed by atoms with Crippen molar-refractivity contribution >= 4 is 28.8 Å². The van der Waals surface area contributed by atoms with E-state index in [9.17, 15) is 14.3 Å². The second-order valence-electron chi connectivity index (χ2n) is 11.2. The van der Waals surface area contributed by atoms with Gasteiger partial charge in [0.2, 0.25) is 0 Å². The van der Waals surface area contributed by atoms with E-state index in [1.807, 2.05) is 18.2 Å². The molecule has 0 saturated carbocycles. The smallest absolute Gasteiger partial charge is 0.339 e. The molecule has 1 aliphatic heterocycles. The summed E-state index contributed by atoms with van der Waals surface area (Å²) in [5.41, 5.74) is 5.52. The minimum absolute atomic E-state index is 0.0728. The third kappa shape index (κ3) is 6.63. The zero-order valence-corrected chi connectivity index (χ0v) is 23.2. The van der Waals surface area contributed by atoms with Gasteiger partial charge in [0.05, 0.1) is 0 Å². The van der Waals surface area contributed by atoms with E-state index in [1.54, 1.807) is 12.1 Å². The molecule has 39 heavy (non-hydrogen) atoms. The molecule has 3 aromatic rings. The summed E-state index contributed by atoms with van der Waals surface area (Å²) >= 11 is 6.16. The SMILES string of the molecule is CC1(C)CCC(CN2CCN(c3ccc(C(=O)O)c(Oc4ccc(F)cc4)c3)CC2)=C(c2ccc(Cl)cc2)C1. The van der Waals surface area contributed by atoms with Gasteiger partial charge < -0.3 is 14.7 Å². The molecule has 3 aromatic carbocycles. The molecule has 0 atom stereocenters. The second-order valence-corrected chi connectivity index (χ2v) is 11.7. The van der Waals surface area contributed by atoms with Crippen molar-refractivity contribution in [1.29, 1.82) is 0 Å². The molecule has 1 saturated heterocycles. The average molecular weight is 549 g/mol. The van der Waals surface area contributed by atoms with Crippen LogP contribution in [0.1, 0.15) is 49.0 Å². The summed E-state index contributed by atoms with van der Waals surface area (Å²) in [6, 6.07) is 19.0. The van der Waals surface area contributed by atoms with Gasteiger partial charge in [-0.15, -0.1) is 0 Å². The highest BCUT2D eigenvalue weighted by Gasteiger charge is 2.29. The molecule has 1 fully saturated rings. The minimum Gasteiger partial charge on any atom is -0.478 e. The summed E-state index contributed by atoms with van der Waals surface area (Å²) in [4.78, 5) is 16.6. The number of hydrogen-bond acceptors (Lipinski definition) is 4. The van der Waals surface area contributed by atoms with Crippen LogP contribution < -0.4 is 9.64 Å². The van der Waals surface area contributed by atoms with E-state index in [0.29, 0.717) is 5.75 Å². The molecule has 5 rings (SSSR count). The molecule has 0 unspecified atom stereocenters. The quantitative estimate of drug-likeness (QED) is 0.327. The first kappa shape index (κ1) is 27.2. The summed E-state index contributed by atoms with van der Waals surface area (Å²) in [5.74, 6) is -0.803. The van der Waals surface area contributed by atoms with Gasteiger partial charge in [0, 0.05) is 49.5 Å². The number of benzene rings is 3. The van der Waals surface area contributed by atoms with Gasteiger partial charge in [-0.3, -0.25) is 4.90 Å². The Labute approximate surface area is 234 Å². The summed E-state index contributed by atoms with van der Waals surface area (Å²) in [5, 5.41) is 10.4. The van der Waals surface area contributed by atoms with Crippen LogP contribution in [0.4, 0.5) is 10.1 Å². The molecule has 1 aliphatic carbocycles. The van der Waals surface area contributed by atoms with Crippen LogP contribution in [0.25, 0.3) is 5.57 Å². The summed E-state index contributed by atoms with van der Waals surface area (Å²) < 4.78 is 19.2. The predicted molar refractivity (Wildman–Crippen MR) is 155 cm³/mol. The van der Waals surface area contributed by atoms with E-state index >= 15 is 0 Å². The van der Waals surface area contributed by atoms with Crippen molar-refractivity contribution in [2.75, 3.05) is 37.6 Å². The Bertz CT molecular complexity index is 1360. The van der Waals surface area contributed by atoms with Gasteiger partial charge in [-0.2, -0.15) is 0 Å². The van der Waals surface area contributed by atoms with Crippen molar-refractivity contribution < 1.29 is 19.0 Å². The summed E-state index contributed by atoms with van der Waals surface area (Å²) in [6.07, 6.45) is 3.36. The van der Waals surface area contributed by atoms with Crippen molar-refractivity contribution in [3.05, 3.63) is 94.3 Å². The second kappa shape index (κ2) is 11.4. The number of allylic oxidation sites excluding steroid dienone is 1. The molecule has 0 radical (unpaired) electrons. The van der Waals surface area contributed by atoms with Crippen molar-refractivity contribution in [3.63, 3.8) is 0 Å². The number of carboxylic acid groups (broad SMARTS) is 1. The highest BCUT2D eigenvalue weighted by Crippen LogP contribution is 2.43. The molecule has 0 bridgehead atoms. The molecule has 0 amide bonds. The Morgan fingerprint density at radius 3 is 2.36 bits per heavy atom. The van der Waals surface area contributed by atoms with Crippen LogP contribution in [-0.2, 0) is 0 Å². The van der Waals surface area contributed by atoms with E-state index in [-0.39, 0.29) is 22.5 Å². The van der Waals surface area contributed by atoms with E-state index in [0.717, 1.165) is 56.3 Å². The number of piperazine rings is 1. The number of ether oxygens (including phenoxy) is 1. The Kier molecular flexibility index (Phi) is 7.96. The zero-order valence-electron chi connectivity index (χ0n) is 22.4. The molecule has 0 aromatic heterocycles. The Morgan fingerprint density at radius 1 is 1.00 bits per heavy atom. The first-order valence-corrected chi connectivity index (χ1v) is 13.8. The number of aromatic carboxylic acids is 1. The van der Waals surface area contributed by atoms with Gasteiger partial charge >= 0.3 is 5.97 Å². The molecule has 204 valence electrons. The monoisotopic (exact) mass is 548 g/mol. The number of hydrogen-bond donors (Lipinski definition) is 1. The number of carboxylic acids is 1. The molecule has 1 heterocycles. The van der Waals surface area contributed by atoms with Crippen molar-refractivity contribution in [2.45, 2.75) is 33.1 Å². The molecule has 0 spiro atoms. The van der Waals surface area contributed by atoms with Crippen LogP contribution in [0, 0.1) is 11.2 Å². The van der Waals surface area contributed by atoms with Crippen LogP contribution in [0.15, 0.2) is 72.3 Å². The molecule has 5 nitrogen and oxygen atoms in total. The van der Waals surface area contributed by atoms with Gasteiger partial charge in [0.25, 0.3) is 0 Å². The van der Waals surface area contributed by atoms with E-state index in [2.05, 4.69) is 35.8 Å². The minimum atomic E-state index is -1.07. The van der Waals surface area contributed by atoms with Crippen LogP contribution in [0.2, 0.25) is 5.02 Å². The van der Waals surface area contributed by atoms with E-state index < -0.39 is 5.97 Å². The number of carbonyl (C=O) groups is 1. The third-order valence-corrected chi connectivity index (χ3v) is 8.02. The molecular weight excluding hydrogens is 515 g/mol. The van der Waals surface area contributed by atoms with E-state index in [1.165, 1.54) is 47.4 Å². The third-order valence-electron chi connectivity index (χ3n) is 7.77. The maximum absolute atomic E-state index is 13.3. The van der Waals surface area contributed by atoms with Crippen molar-refractivity contribution in [3.8, 4) is 11.5 Å². The van der Waals surface area contributed by atoms with Gasteiger partial charge in [0.1, 0.15) is 22.9 Å². The average Bonchev–Trinajstić information content (AvgIpc) is 2.91. The highest BCUT2D eigenvalue weighted by molar-refractivity contribution is 6.30. The largest absolute Gasteiger partial charge is 0.478 e. The zero-order chi connectivity index (χ0) is 27.6.